The summed E-state index contributed by atoms with van der Waals surface area (Å²) in [6.45, 7) is 1.85. The van der Waals surface area contributed by atoms with E-state index in [1.165, 1.54) is 0 Å². The lowest BCUT2D eigenvalue weighted by Crippen LogP contribution is -2.15. The van der Waals surface area contributed by atoms with Gasteiger partial charge in [0.05, 0.1) is 0 Å². The van der Waals surface area contributed by atoms with E-state index in [1.54, 1.807) is 0 Å². The van der Waals surface area contributed by atoms with E-state index in [2.05, 4.69) is 17.2 Å². The number of hydrogen-bond acceptors (Lipinski definition) is 1. The fraction of sp³-hybridized carbons (Fsp3) is 0.333. The second-order valence-corrected chi connectivity index (χ2v) is 3.40. The fourth-order valence-electron chi connectivity index (χ4n) is 1.33. The van der Waals surface area contributed by atoms with Gasteiger partial charge in [-0.3, -0.25) is 0 Å². The first-order valence-corrected chi connectivity index (χ1v) is 4.98. The first kappa shape index (κ1) is 11.1. The van der Waals surface area contributed by atoms with Crippen molar-refractivity contribution in [1.29, 1.82) is 0 Å². The highest BCUT2D eigenvalue weighted by Gasteiger charge is 2.10. The molecule has 1 N–H and O–H groups in total. The Morgan fingerprint density at radius 2 is 2.14 bits per heavy atom. The Morgan fingerprint density at radius 3 is 2.71 bits per heavy atom. The van der Waals surface area contributed by atoms with E-state index in [-0.39, 0.29) is 6.04 Å². The molecule has 0 spiro atoms. The predicted molar refractivity (Wildman–Crippen MR) is 61.3 cm³/mol. The van der Waals surface area contributed by atoms with E-state index >= 15 is 0 Å². The van der Waals surface area contributed by atoms with E-state index in [4.69, 9.17) is 11.6 Å². The van der Waals surface area contributed by atoms with Crippen LogP contribution >= 0.6 is 11.6 Å². The maximum absolute atomic E-state index is 6.09. The molecule has 14 heavy (non-hydrogen) atoms. The molecule has 0 amide bonds. The highest BCUT2D eigenvalue weighted by atomic mass is 35.5. The van der Waals surface area contributed by atoms with Crippen LogP contribution in [0.25, 0.3) is 0 Å². The quantitative estimate of drug-likeness (QED) is 0.752. The van der Waals surface area contributed by atoms with Gasteiger partial charge < -0.3 is 5.32 Å². The van der Waals surface area contributed by atoms with Crippen molar-refractivity contribution < 1.29 is 0 Å². The van der Waals surface area contributed by atoms with Crippen LogP contribution in [-0.2, 0) is 0 Å². The number of hydrogen-bond donors (Lipinski definition) is 1. The number of nitrogens with one attached hydrogen (secondary N) is 1. The molecular weight excluding hydrogens is 194 g/mol. The standard InChI is InChI=1S/C12H14ClN/c1-3-4-9-12(14-2)10-7-5-6-8-11(10)13/h5-8,12,14H,9H2,1-2H3. The molecule has 1 nitrogen and oxygen atoms in total. The average Bonchev–Trinajstić information content (AvgIpc) is 2.21. The van der Waals surface area contributed by atoms with Crippen molar-refractivity contribution in [2.45, 2.75) is 19.4 Å². The highest BCUT2D eigenvalue weighted by molar-refractivity contribution is 6.31. The topological polar surface area (TPSA) is 12.0 Å². The van der Waals surface area contributed by atoms with E-state index in [0.717, 1.165) is 17.0 Å². The molecular formula is C12H14ClN. The van der Waals surface area contributed by atoms with Crippen LogP contribution in [0.2, 0.25) is 5.02 Å². The van der Waals surface area contributed by atoms with Gasteiger partial charge in [-0.15, -0.1) is 11.8 Å². The van der Waals surface area contributed by atoms with Gasteiger partial charge in [0.15, 0.2) is 0 Å². The molecule has 0 heterocycles. The van der Waals surface area contributed by atoms with Gasteiger partial charge in [-0.25, -0.2) is 0 Å². The molecule has 0 saturated carbocycles. The summed E-state index contributed by atoms with van der Waals surface area (Å²) in [7, 11) is 1.92. The summed E-state index contributed by atoms with van der Waals surface area (Å²) < 4.78 is 0. The summed E-state index contributed by atoms with van der Waals surface area (Å²) in [5, 5.41) is 4.00. The lowest BCUT2D eigenvalue weighted by Gasteiger charge is -2.14. The van der Waals surface area contributed by atoms with Gasteiger partial charge in [0, 0.05) is 17.5 Å². The third kappa shape index (κ3) is 2.77. The Labute approximate surface area is 90.5 Å². The van der Waals surface area contributed by atoms with Crippen LogP contribution in [0.4, 0.5) is 0 Å². The number of rotatable bonds is 3. The van der Waals surface area contributed by atoms with Crippen LogP contribution in [0, 0.1) is 11.8 Å². The second-order valence-electron chi connectivity index (χ2n) is 2.99. The predicted octanol–water partition coefficient (Wildman–Crippen LogP) is 3.01. The summed E-state index contributed by atoms with van der Waals surface area (Å²) in [6.07, 6.45) is 0.788. The molecule has 0 aliphatic heterocycles. The Kier molecular flexibility index (Phi) is 4.52. The molecule has 0 aliphatic carbocycles. The van der Waals surface area contributed by atoms with Crippen LogP contribution < -0.4 is 5.32 Å². The minimum absolute atomic E-state index is 0.219. The van der Waals surface area contributed by atoms with Gasteiger partial charge in [-0.1, -0.05) is 29.8 Å². The van der Waals surface area contributed by atoms with Crippen molar-refractivity contribution in [1.82, 2.24) is 5.32 Å². The Hall–Kier alpha value is -0.970. The summed E-state index contributed by atoms with van der Waals surface area (Å²) >= 11 is 6.09. The van der Waals surface area contributed by atoms with Crippen LogP contribution in [0.15, 0.2) is 24.3 Å². The Morgan fingerprint density at radius 1 is 1.43 bits per heavy atom. The van der Waals surface area contributed by atoms with Crippen molar-refractivity contribution in [2.24, 2.45) is 0 Å². The monoisotopic (exact) mass is 207 g/mol. The van der Waals surface area contributed by atoms with Crippen LogP contribution in [0.5, 0.6) is 0 Å². The molecule has 0 aliphatic rings. The summed E-state index contributed by atoms with van der Waals surface area (Å²) in [5.41, 5.74) is 1.11. The first-order valence-electron chi connectivity index (χ1n) is 4.61. The molecule has 0 radical (unpaired) electrons. The van der Waals surface area contributed by atoms with Crippen molar-refractivity contribution in [3.8, 4) is 11.8 Å². The molecule has 1 atom stereocenters. The molecule has 74 valence electrons. The lowest BCUT2D eigenvalue weighted by atomic mass is 10.0. The van der Waals surface area contributed by atoms with Crippen LogP contribution in [-0.4, -0.2) is 7.05 Å². The third-order valence-electron chi connectivity index (χ3n) is 2.11. The molecule has 1 unspecified atom stereocenters. The van der Waals surface area contributed by atoms with E-state index in [1.807, 2.05) is 38.2 Å². The zero-order valence-corrected chi connectivity index (χ0v) is 9.23. The zero-order chi connectivity index (χ0) is 10.4. The van der Waals surface area contributed by atoms with Crippen molar-refractivity contribution in [3.05, 3.63) is 34.9 Å². The van der Waals surface area contributed by atoms with E-state index in [9.17, 15) is 0 Å². The minimum atomic E-state index is 0.219. The smallest absolute Gasteiger partial charge is 0.0454 e. The van der Waals surface area contributed by atoms with Crippen LogP contribution in [0.1, 0.15) is 24.9 Å². The van der Waals surface area contributed by atoms with Gasteiger partial charge in [0.25, 0.3) is 0 Å². The zero-order valence-electron chi connectivity index (χ0n) is 8.47. The molecule has 1 rings (SSSR count). The SMILES string of the molecule is CC#CCC(NC)c1ccccc1Cl. The molecule has 2 heteroatoms. The van der Waals surface area contributed by atoms with Gasteiger partial charge in [-0.2, -0.15) is 0 Å². The summed E-state index contributed by atoms with van der Waals surface area (Å²) in [6, 6.07) is 8.08. The maximum atomic E-state index is 6.09. The summed E-state index contributed by atoms with van der Waals surface area (Å²) in [5.74, 6) is 5.94. The minimum Gasteiger partial charge on any atom is -0.312 e. The molecule has 0 saturated heterocycles. The Bertz CT molecular complexity index is 349. The highest BCUT2D eigenvalue weighted by Crippen LogP contribution is 2.24. The molecule has 0 bridgehead atoms. The second kappa shape index (κ2) is 5.70. The van der Waals surface area contributed by atoms with Crippen molar-refractivity contribution in [3.63, 3.8) is 0 Å². The normalized spacial score (nSPS) is 11.6. The number of benzene rings is 1. The van der Waals surface area contributed by atoms with E-state index < -0.39 is 0 Å². The van der Waals surface area contributed by atoms with Crippen molar-refractivity contribution >= 4 is 11.6 Å². The summed E-state index contributed by atoms with van der Waals surface area (Å²) in [4.78, 5) is 0. The lowest BCUT2D eigenvalue weighted by molar-refractivity contribution is 0.611. The van der Waals surface area contributed by atoms with Crippen LogP contribution in [0.3, 0.4) is 0 Å². The fourth-order valence-corrected chi connectivity index (χ4v) is 1.60. The first-order chi connectivity index (χ1) is 6.79. The molecule has 0 aromatic heterocycles. The molecule has 0 fully saturated rings. The van der Waals surface area contributed by atoms with Gasteiger partial charge >= 0.3 is 0 Å². The largest absolute Gasteiger partial charge is 0.312 e. The molecule has 1 aromatic carbocycles. The van der Waals surface area contributed by atoms with Gasteiger partial charge in [0.2, 0.25) is 0 Å². The van der Waals surface area contributed by atoms with E-state index in [0.29, 0.717) is 0 Å². The van der Waals surface area contributed by atoms with Gasteiger partial charge in [0.1, 0.15) is 0 Å². The van der Waals surface area contributed by atoms with Gasteiger partial charge in [-0.05, 0) is 25.6 Å². The average molecular weight is 208 g/mol. The number of halogens is 1. The Balaban J connectivity index is 2.87. The molecule has 1 aromatic rings. The maximum Gasteiger partial charge on any atom is 0.0454 e. The third-order valence-corrected chi connectivity index (χ3v) is 2.46. The van der Waals surface area contributed by atoms with Crippen molar-refractivity contribution in [2.75, 3.05) is 7.05 Å².